The lowest BCUT2D eigenvalue weighted by Gasteiger charge is -2.07. The van der Waals surface area contributed by atoms with Gasteiger partial charge in [-0.25, -0.2) is 0 Å². The Hall–Kier alpha value is -2.40. The molecule has 0 fully saturated rings. The van der Waals surface area contributed by atoms with Crippen LogP contribution in [0.5, 0.6) is 0 Å². The van der Waals surface area contributed by atoms with E-state index in [1.165, 1.54) is 12.1 Å². The monoisotopic (exact) mass is 405 g/mol. The molecule has 0 atom stereocenters. The van der Waals surface area contributed by atoms with Gasteiger partial charge in [0.05, 0.1) is 18.1 Å². The first-order chi connectivity index (χ1) is 10.6. The summed E-state index contributed by atoms with van der Waals surface area (Å²) >= 11 is 2.17. The molecule has 0 spiro atoms. The van der Waals surface area contributed by atoms with Crippen LogP contribution in [-0.2, 0) is 11.2 Å². The third-order valence-corrected chi connectivity index (χ3v) is 3.52. The van der Waals surface area contributed by atoms with Gasteiger partial charge < -0.3 is 0 Å². The summed E-state index contributed by atoms with van der Waals surface area (Å²) in [5.74, 6) is -0.732. The number of carbonyl (C=O) groups is 2. The van der Waals surface area contributed by atoms with Crippen molar-refractivity contribution < 1.29 is 9.59 Å². The number of nitrogens with zero attached hydrogens (tertiary/aromatic N) is 1. The van der Waals surface area contributed by atoms with E-state index in [2.05, 4.69) is 33.4 Å². The summed E-state index contributed by atoms with van der Waals surface area (Å²) in [6.45, 7) is 0. The van der Waals surface area contributed by atoms with Crippen LogP contribution in [0.4, 0.5) is 0 Å². The van der Waals surface area contributed by atoms with Crippen LogP contribution in [0, 0.1) is 14.9 Å². The van der Waals surface area contributed by atoms with Gasteiger partial charge >= 0.3 is 0 Å². The Balaban J connectivity index is 1.87. The van der Waals surface area contributed by atoms with Crippen LogP contribution < -0.4 is 10.9 Å². The van der Waals surface area contributed by atoms with Gasteiger partial charge in [0.2, 0.25) is 5.91 Å². The van der Waals surface area contributed by atoms with Crippen molar-refractivity contribution in [1.29, 1.82) is 5.26 Å². The SMILES string of the molecule is N#Cc1ccc(C(=O)NNC(=O)Cc2cccc(I)c2)cc1. The normalized spacial score (nSPS) is 9.64. The van der Waals surface area contributed by atoms with E-state index in [0.29, 0.717) is 11.1 Å². The number of nitrogens with one attached hydrogen (secondary N) is 2. The van der Waals surface area contributed by atoms with E-state index in [9.17, 15) is 9.59 Å². The Morgan fingerprint density at radius 1 is 1.09 bits per heavy atom. The Labute approximate surface area is 141 Å². The molecule has 2 N–H and O–H groups in total. The minimum atomic E-state index is -0.430. The van der Waals surface area contributed by atoms with Crippen molar-refractivity contribution in [1.82, 2.24) is 10.9 Å². The predicted molar refractivity (Wildman–Crippen MR) is 89.6 cm³/mol. The standard InChI is InChI=1S/C16H12IN3O2/c17-14-3-1-2-12(8-14)9-15(21)19-20-16(22)13-6-4-11(10-18)5-7-13/h1-8H,9H2,(H,19,21)(H,20,22). The molecule has 0 radical (unpaired) electrons. The number of carbonyl (C=O) groups excluding carboxylic acids is 2. The molecule has 2 aromatic carbocycles. The fourth-order valence-corrected chi connectivity index (χ4v) is 2.38. The fraction of sp³-hybridized carbons (Fsp3) is 0.0625. The topological polar surface area (TPSA) is 82.0 Å². The van der Waals surface area contributed by atoms with Gasteiger partial charge in [-0.2, -0.15) is 5.26 Å². The van der Waals surface area contributed by atoms with E-state index in [4.69, 9.17) is 5.26 Å². The number of hydrogen-bond acceptors (Lipinski definition) is 3. The summed E-state index contributed by atoms with van der Waals surface area (Å²) in [6, 6.07) is 15.7. The molecule has 110 valence electrons. The molecule has 0 saturated heterocycles. The van der Waals surface area contributed by atoms with Gasteiger partial charge in [0.25, 0.3) is 5.91 Å². The van der Waals surface area contributed by atoms with Crippen molar-refractivity contribution >= 4 is 34.4 Å². The van der Waals surface area contributed by atoms with Crippen molar-refractivity contribution in [3.05, 3.63) is 68.8 Å². The maximum Gasteiger partial charge on any atom is 0.269 e. The molecule has 6 heteroatoms. The van der Waals surface area contributed by atoms with Crippen molar-refractivity contribution in [3.8, 4) is 6.07 Å². The maximum atomic E-state index is 11.8. The van der Waals surface area contributed by atoms with Gasteiger partial charge in [0.1, 0.15) is 0 Å². The minimum Gasteiger partial charge on any atom is -0.273 e. The van der Waals surface area contributed by atoms with E-state index in [0.717, 1.165) is 9.13 Å². The van der Waals surface area contributed by atoms with Gasteiger partial charge in [-0.15, -0.1) is 0 Å². The van der Waals surface area contributed by atoms with Gasteiger partial charge in [0, 0.05) is 9.13 Å². The minimum absolute atomic E-state index is 0.185. The highest BCUT2D eigenvalue weighted by atomic mass is 127. The lowest BCUT2D eigenvalue weighted by molar-refractivity contribution is -0.121. The first-order valence-electron chi connectivity index (χ1n) is 6.42. The Morgan fingerprint density at radius 2 is 1.82 bits per heavy atom. The molecule has 0 aromatic heterocycles. The number of rotatable bonds is 3. The van der Waals surface area contributed by atoms with Gasteiger partial charge in [-0.1, -0.05) is 12.1 Å². The largest absolute Gasteiger partial charge is 0.273 e. The van der Waals surface area contributed by atoms with Crippen molar-refractivity contribution in [2.45, 2.75) is 6.42 Å². The average molecular weight is 405 g/mol. The second kappa shape index (κ2) is 7.56. The number of benzene rings is 2. The fourth-order valence-electron chi connectivity index (χ4n) is 1.77. The number of halogens is 1. The van der Waals surface area contributed by atoms with E-state index < -0.39 is 5.91 Å². The molecule has 0 saturated carbocycles. The smallest absolute Gasteiger partial charge is 0.269 e. The number of hydrogen-bond donors (Lipinski definition) is 2. The van der Waals surface area contributed by atoms with Crippen LogP contribution >= 0.6 is 22.6 Å². The summed E-state index contributed by atoms with van der Waals surface area (Å²) < 4.78 is 1.05. The summed E-state index contributed by atoms with van der Waals surface area (Å²) in [7, 11) is 0. The zero-order chi connectivity index (χ0) is 15.9. The summed E-state index contributed by atoms with van der Waals surface area (Å²) in [5.41, 5.74) is 6.43. The maximum absolute atomic E-state index is 11.8. The highest BCUT2D eigenvalue weighted by Gasteiger charge is 2.08. The number of nitriles is 1. The third kappa shape index (κ3) is 4.56. The van der Waals surface area contributed by atoms with Crippen molar-refractivity contribution in [3.63, 3.8) is 0 Å². The first-order valence-corrected chi connectivity index (χ1v) is 7.50. The quantitative estimate of drug-likeness (QED) is 0.607. The van der Waals surface area contributed by atoms with Gasteiger partial charge in [-0.3, -0.25) is 20.4 Å². The number of hydrazine groups is 1. The lowest BCUT2D eigenvalue weighted by atomic mass is 10.1. The Bertz CT molecular complexity index is 736. The molecule has 0 aliphatic rings. The van der Waals surface area contributed by atoms with Gasteiger partial charge in [-0.05, 0) is 64.6 Å². The summed E-state index contributed by atoms with van der Waals surface area (Å²) in [4.78, 5) is 23.6. The van der Waals surface area contributed by atoms with Crippen LogP contribution in [0.2, 0.25) is 0 Å². The van der Waals surface area contributed by atoms with Crippen LogP contribution in [0.1, 0.15) is 21.5 Å². The Kier molecular flexibility index (Phi) is 5.49. The molecule has 0 aliphatic heterocycles. The molecule has 0 bridgehead atoms. The lowest BCUT2D eigenvalue weighted by Crippen LogP contribution is -2.42. The van der Waals surface area contributed by atoms with Crippen LogP contribution in [0.15, 0.2) is 48.5 Å². The molecule has 5 nitrogen and oxygen atoms in total. The van der Waals surface area contributed by atoms with E-state index in [-0.39, 0.29) is 12.3 Å². The van der Waals surface area contributed by atoms with E-state index in [1.54, 1.807) is 12.1 Å². The van der Waals surface area contributed by atoms with Crippen molar-refractivity contribution in [2.24, 2.45) is 0 Å². The molecule has 22 heavy (non-hydrogen) atoms. The molecule has 0 heterocycles. The summed E-state index contributed by atoms with van der Waals surface area (Å²) in [5, 5.41) is 8.69. The zero-order valence-electron chi connectivity index (χ0n) is 11.5. The van der Waals surface area contributed by atoms with Crippen molar-refractivity contribution in [2.75, 3.05) is 0 Å². The van der Waals surface area contributed by atoms with Crippen LogP contribution in [0.3, 0.4) is 0 Å². The molecular formula is C16H12IN3O2. The second-order valence-corrected chi connectivity index (χ2v) is 5.74. The summed E-state index contributed by atoms with van der Waals surface area (Å²) in [6.07, 6.45) is 0.185. The van der Waals surface area contributed by atoms with Crippen LogP contribution in [-0.4, -0.2) is 11.8 Å². The molecule has 0 unspecified atom stereocenters. The molecule has 2 amide bonds. The molecule has 2 rings (SSSR count). The molecule has 2 aromatic rings. The van der Waals surface area contributed by atoms with Crippen LogP contribution in [0.25, 0.3) is 0 Å². The van der Waals surface area contributed by atoms with Gasteiger partial charge in [0.15, 0.2) is 0 Å². The first kappa shape index (κ1) is 16.0. The second-order valence-electron chi connectivity index (χ2n) is 4.50. The molecule has 0 aliphatic carbocycles. The predicted octanol–water partition coefficient (Wildman–Crippen LogP) is 2.17. The highest BCUT2D eigenvalue weighted by molar-refractivity contribution is 14.1. The molecular weight excluding hydrogens is 393 g/mol. The highest BCUT2D eigenvalue weighted by Crippen LogP contribution is 2.08. The third-order valence-electron chi connectivity index (χ3n) is 2.85. The zero-order valence-corrected chi connectivity index (χ0v) is 13.6. The number of amides is 2. The average Bonchev–Trinajstić information content (AvgIpc) is 2.52. The van der Waals surface area contributed by atoms with E-state index in [1.807, 2.05) is 30.3 Å². The van der Waals surface area contributed by atoms with E-state index >= 15 is 0 Å². The Morgan fingerprint density at radius 3 is 2.45 bits per heavy atom.